The van der Waals surface area contributed by atoms with Crippen LogP contribution in [0, 0.1) is 13.8 Å². The van der Waals surface area contributed by atoms with Crippen molar-refractivity contribution in [1.82, 2.24) is 0 Å². The third-order valence-electron chi connectivity index (χ3n) is 8.51. The molecule has 2 aromatic carbocycles. The van der Waals surface area contributed by atoms with E-state index in [2.05, 4.69) is 45.2 Å². The second-order valence-corrected chi connectivity index (χ2v) is 12.8. The highest BCUT2D eigenvalue weighted by Gasteiger charge is 2.31. The minimum atomic E-state index is -0.866. The van der Waals surface area contributed by atoms with Gasteiger partial charge >= 0.3 is 11.9 Å². The van der Waals surface area contributed by atoms with Gasteiger partial charge < -0.3 is 29.2 Å². The lowest BCUT2D eigenvalue weighted by atomic mass is 9.77. The number of hydrogen-bond acceptors (Lipinski definition) is 8. The Morgan fingerprint density at radius 1 is 0.778 bits per heavy atom. The number of hydrogen-bond donors (Lipinski definition) is 2. The number of rotatable bonds is 18. The predicted octanol–water partition coefficient (Wildman–Crippen LogP) is 6.68. The van der Waals surface area contributed by atoms with E-state index in [9.17, 15) is 19.8 Å². The molecule has 4 unspecified atom stereocenters. The first-order chi connectivity index (χ1) is 21.0. The Bertz CT molecular complexity index is 1330. The van der Waals surface area contributed by atoms with Crippen LogP contribution in [0.4, 0.5) is 0 Å². The topological polar surface area (TPSA) is 112 Å². The molecule has 0 saturated carbocycles. The van der Waals surface area contributed by atoms with Crippen LogP contribution < -0.4 is 9.47 Å². The molecule has 2 rings (SSSR count). The van der Waals surface area contributed by atoms with Crippen LogP contribution in [0.5, 0.6) is 11.5 Å². The maximum Gasteiger partial charge on any atom is 0.330 e. The van der Waals surface area contributed by atoms with Crippen molar-refractivity contribution in [2.24, 2.45) is 0 Å². The van der Waals surface area contributed by atoms with E-state index in [0.29, 0.717) is 25.0 Å². The molecule has 0 aromatic heterocycles. The molecule has 0 aliphatic rings. The maximum atomic E-state index is 11.7. The van der Waals surface area contributed by atoms with E-state index in [-0.39, 0.29) is 25.0 Å². The highest BCUT2D eigenvalue weighted by Crippen LogP contribution is 2.37. The summed E-state index contributed by atoms with van der Waals surface area (Å²) in [5.41, 5.74) is 2.32. The molecular formula is C37H52O8. The molecule has 8 heteroatoms. The largest absolute Gasteiger partial charge is 0.491 e. The third kappa shape index (κ3) is 10.8. The van der Waals surface area contributed by atoms with Crippen molar-refractivity contribution >= 4 is 11.9 Å². The van der Waals surface area contributed by atoms with E-state index >= 15 is 0 Å². The van der Waals surface area contributed by atoms with Crippen LogP contribution in [0.2, 0.25) is 0 Å². The van der Waals surface area contributed by atoms with Crippen molar-refractivity contribution in [3.8, 4) is 11.5 Å². The van der Waals surface area contributed by atoms with E-state index in [1.807, 2.05) is 52.8 Å². The van der Waals surface area contributed by atoms with Gasteiger partial charge in [0.15, 0.2) is 0 Å². The summed E-state index contributed by atoms with van der Waals surface area (Å²) in [6.45, 7) is 22.7. The molecule has 0 aliphatic carbocycles. The molecule has 4 atom stereocenters. The first-order valence-electron chi connectivity index (χ1n) is 15.6. The van der Waals surface area contributed by atoms with Gasteiger partial charge in [-0.15, -0.1) is 0 Å². The van der Waals surface area contributed by atoms with E-state index in [0.717, 1.165) is 40.2 Å². The van der Waals surface area contributed by atoms with Crippen LogP contribution in [0.1, 0.15) is 89.5 Å². The summed E-state index contributed by atoms with van der Waals surface area (Å²) in [6.07, 6.45) is 2.25. The normalized spacial score (nSPS) is 15.5. The van der Waals surface area contributed by atoms with Crippen LogP contribution in [0.15, 0.2) is 61.7 Å². The smallest absolute Gasteiger partial charge is 0.330 e. The van der Waals surface area contributed by atoms with Crippen LogP contribution in [0.3, 0.4) is 0 Å². The van der Waals surface area contributed by atoms with E-state index < -0.39 is 35.3 Å². The lowest BCUT2D eigenvalue weighted by Crippen LogP contribution is -2.37. The van der Waals surface area contributed by atoms with E-state index in [4.69, 9.17) is 18.9 Å². The molecule has 0 radical (unpaired) electrons. The predicted molar refractivity (Wildman–Crippen MR) is 177 cm³/mol. The number of aryl methyl sites for hydroxylation is 2. The average Bonchev–Trinajstić information content (AvgIpc) is 2.99. The van der Waals surface area contributed by atoms with Gasteiger partial charge in [0.1, 0.15) is 35.9 Å². The quantitative estimate of drug-likeness (QED) is 0.140. The Labute approximate surface area is 269 Å². The summed E-state index contributed by atoms with van der Waals surface area (Å²) in [4.78, 5) is 23.1. The molecule has 45 heavy (non-hydrogen) atoms. The fraction of sp³-hybridized carbons (Fsp3) is 0.514. The van der Waals surface area contributed by atoms with E-state index in [1.165, 1.54) is 0 Å². The standard InChI is InChI=1S/C37H52O8/c1-11-33(40)43-24-30(39)21-36(9,13-3)44-32-18-16-28(20-26(32)6)35(7,8)27-15-17-31(25(5)19-27)42-23-29(38)22-37(10,14-4)45-34(41)12-2/h11-12,15-20,29-30,38-39H,1-2,13-14,21-24H2,3-10H3. The summed E-state index contributed by atoms with van der Waals surface area (Å²) in [6, 6.07) is 12.2. The van der Waals surface area contributed by atoms with Crippen molar-refractivity contribution in [2.45, 2.75) is 110 Å². The van der Waals surface area contributed by atoms with Gasteiger partial charge in [-0.2, -0.15) is 0 Å². The Morgan fingerprint density at radius 2 is 1.27 bits per heavy atom. The minimum Gasteiger partial charge on any atom is -0.491 e. The number of aliphatic hydroxyl groups is 2. The summed E-state index contributed by atoms with van der Waals surface area (Å²) < 4.78 is 22.8. The first-order valence-corrected chi connectivity index (χ1v) is 15.6. The zero-order valence-electron chi connectivity index (χ0n) is 28.3. The Hall–Kier alpha value is -3.62. The summed E-state index contributed by atoms with van der Waals surface area (Å²) in [5, 5.41) is 21.1. The maximum absolute atomic E-state index is 11.7. The molecule has 2 N–H and O–H groups in total. The highest BCUT2D eigenvalue weighted by molar-refractivity contribution is 5.81. The fourth-order valence-electron chi connectivity index (χ4n) is 5.12. The Morgan fingerprint density at radius 3 is 1.76 bits per heavy atom. The molecule has 8 nitrogen and oxygen atoms in total. The number of aliphatic hydroxyl groups excluding tert-OH is 2. The van der Waals surface area contributed by atoms with Crippen LogP contribution in [-0.4, -0.2) is 58.8 Å². The molecule has 0 fully saturated rings. The first kappa shape index (κ1) is 37.6. The van der Waals surface area contributed by atoms with Crippen molar-refractivity contribution in [1.29, 1.82) is 0 Å². The molecule has 0 bridgehead atoms. The second-order valence-electron chi connectivity index (χ2n) is 12.8. The van der Waals surface area contributed by atoms with Crippen molar-refractivity contribution < 1.29 is 38.7 Å². The third-order valence-corrected chi connectivity index (χ3v) is 8.51. The molecule has 2 aromatic rings. The highest BCUT2D eigenvalue weighted by atomic mass is 16.6. The van der Waals surface area contributed by atoms with Gasteiger partial charge in [-0.25, -0.2) is 9.59 Å². The number of benzene rings is 2. The SMILES string of the molecule is C=CC(=O)OCC(O)CC(C)(CC)Oc1ccc(C(C)(C)c2ccc(OCC(O)CC(C)(CC)OC(=O)C=C)c(C)c2)cc1C. The zero-order valence-corrected chi connectivity index (χ0v) is 28.3. The monoisotopic (exact) mass is 624 g/mol. The fourth-order valence-corrected chi connectivity index (χ4v) is 5.12. The minimum absolute atomic E-state index is 0.0686. The number of esters is 2. The average molecular weight is 625 g/mol. The van der Waals surface area contributed by atoms with E-state index in [1.54, 1.807) is 6.92 Å². The van der Waals surface area contributed by atoms with Gasteiger partial charge in [0, 0.05) is 30.4 Å². The van der Waals surface area contributed by atoms with Gasteiger partial charge in [-0.3, -0.25) is 0 Å². The van der Waals surface area contributed by atoms with Crippen LogP contribution in [0.25, 0.3) is 0 Å². The number of ether oxygens (including phenoxy) is 4. The van der Waals surface area contributed by atoms with Gasteiger partial charge in [0.2, 0.25) is 0 Å². The molecule has 248 valence electrons. The molecule has 0 amide bonds. The summed E-state index contributed by atoms with van der Waals surface area (Å²) >= 11 is 0. The lowest BCUT2D eigenvalue weighted by molar-refractivity contribution is -0.155. The molecule has 0 spiro atoms. The van der Waals surface area contributed by atoms with Crippen LogP contribution >= 0.6 is 0 Å². The van der Waals surface area contributed by atoms with Gasteiger partial charge in [0.25, 0.3) is 0 Å². The van der Waals surface area contributed by atoms with Gasteiger partial charge in [0.05, 0.1) is 12.2 Å². The second kappa shape index (κ2) is 16.1. The summed E-state index contributed by atoms with van der Waals surface area (Å²) in [5.74, 6) is 0.318. The summed E-state index contributed by atoms with van der Waals surface area (Å²) in [7, 11) is 0. The molecule has 0 aliphatic heterocycles. The van der Waals surface area contributed by atoms with Gasteiger partial charge in [-0.05, 0) is 74.9 Å². The number of carbonyl (C=O) groups excluding carboxylic acids is 2. The van der Waals surface area contributed by atoms with Gasteiger partial charge in [-0.1, -0.05) is 65.1 Å². The number of carbonyl (C=O) groups is 2. The van der Waals surface area contributed by atoms with Crippen LogP contribution in [-0.2, 0) is 24.5 Å². The molecule has 0 heterocycles. The Balaban J connectivity index is 2.12. The Kier molecular flexibility index (Phi) is 13.4. The van der Waals surface area contributed by atoms with Crippen molar-refractivity contribution in [2.75, 3.05) is 13.2 Å². The molecular weight excluding hydrogens is 572 g/mol. The molecule has 0 saturated heterocycles. The lowest BCUT2D eigenvalue weighted by Gasteiger charge is -2.33. The van der Waals surface area contributed by atoms with Crippen molar-refractivity contribution in [3.05, 3.63) is 84.0 Å². The zero-order chi connectivity index (χ0) is 34.0. The van der Waals surface area contributed by atoms with Crippen molar-refractivity contribution in [3.63, 3.8) is 0 Å².